The summed E-state index contributed by atoms with van der Waals surface area (Å²) in [5.74, 6) is 0. The number of rotatable bonds is 1. The van der Waals surface area contributed by atoms with E-state index in [1.807, 2.05) is 13.8 Å². The van der Waals surface area contributed by atoms with Crippen LogP contribution in [-0.4, -0.2) is 5.71 Å². The van der Waals surface area contributed by atoms with Crippen molar-refractivity contribution in [3.63, 3.8) is 0 Å². The molecule has 0 radical (unpaired) electrons. The lowest BCUT2D eigenvalue weighted by Gasteiger charge is -2.14. The molecular weight excluding hydrogens is 146 g/mol. The van der Waals surface area contributed by atoms with E-state index in [4.69, 9.17) is 5.41 Å². The smallest absolute Gasteiger partial charge is 0.0342 e. The Kier molecular flexibility index (Phi) is 6.73. The lowest BCUT2D eigenvalue weighted by atomic mass is 9.92. The number of hydrogen-bond donors (Lipinski definition) is 1. The second-order valence-electron chi connectivity index (χ2n) is 2.82. The van der Waals surface area contributed by atoms with E-state index in [1.165, 1.54) is 18.4 Å². The highest BCUT2D eigenvalue weighted by atomic mass is 14.4. The molecule has 0 aliphatic heterocycles. The Balaban J connectivity index is 0.000000561. The molecule has 70 valence electrons. The van der Waals surface area contributed by atoms with Crippen molar-refractivity contribution in [2.75, 3.05) is 0 Å². The zero-order chi connectivity index (χ0) is 9.40. The van der Waals surface area contributed by atoms with Gasteiger partial charge in [0, 0.05) is 5.71 Å². The van der Waals surface area contributed by atoms with Crippen LogP contribution < -0.4 is 0 Å². The SMILES string of the molecule is CC.CC/C=C1/CCCCC1=N. The van der Waals surface area contributed by atoms with Crippen molar-refractivity contribution in [2.24, 2.45) is 0 Å². The van der Waals surface area contributed by atoms with Gasteiger partial charge >= 0.3 is 0 Å². The zero-order valence-electron chi connectivity index (χ0n) is 8.61. The van der Waals surface area contributed by atoms with Crippen LogP contribution in [-0.2, 0) is 0 Å². The Labute approximate surface area is 76.4 Å². The van der Waals surface area contributed by atoms with Crippen LogP contribution >= 0.6 is 0 Å². The lowest BCUT2D eigenvalue weighted by molar-refractivity contribution is 0.728. The molecular formula is C11H21N. The van der Waals surface area contributed by atoms with Gasteiger partial charge in [-0.15, -0.1) is 0 Å². The van der Waals surface area contributed by atoms with E-state index in [2.05, 4.69) is 13.0 Å². The number of hydrogen-bond acceptors (Lipinski definition) is 1. The molecule has 0 atom stereocenters. The van der Waals surface area contributed by atoms with Crippen molar-refractivity contribution in [1.82, 2.24) is 0 Å². The molecule has 0 aromatic carbocycles. The van der Waals surface area contributed by atoms with E-state index in [-0.39, 0.29) is 0 Å². The maximum Gasteiger partial charge on any atom is 0.0342 e. The van der Waals surface area contributed by atoms with Gasteiger partial charge in [-0.1, -0.05) is 26.8 Å². The van der Waals surface area contributed by atoms with Gasteiger partial charge in [-0.2, -0.15) is 0 Å². The average Bonchev–Trinajstić information content (AvgIpc) is 2.13. The van der Waals surface area contributed by atoms with Crippen molar-refractivity contribution in [3.05, 3.63) is 11.6 Å². The van der Waals surface area contributed by atoms with E-state index < -0.39 is 0 Å². The Morgan fingerprint density at radius 3 is 2.33 bits per heavy atom. The van der Waals surface area contributed by atoms with Crippen molar-refractivity contribution < 1.29 is 0 Å². The van der Waals surface area contributed by atoms with Gasteiger partial charge in [-0.3, -0.25) is 0 Å². The van der Waals surface area contributed by atoms with Crippen LogP contribution in [0.4, 0.5) is 0 Å². The first-order valence-electron chi connectivity index (χ1n) is 5.11. The fraction of sp³-hybridized carbons (Fsp3) is 0.727. The molecule has 1 aliphatic carbocycles. The number of allylic oxidation sites excluding steroid dienone is 2. The van der Waals surface area contributed by atoms with E-state index in [0.717, 1.165) is 25.0 Å². The minimum atomic E-state index is 0.883. The minimum Gasteiger partial charge on any atom is -0.305 e. The van der Waals surface area contributed by atoms with Crippen molar-refractivity contribution in [3.8, 4) is 0 Å². The molecule has 0 spiro atoms. The van der Waals surface area contributed by atoms with Crippen LogP contribution in [0.2, 0.25) is 0 Å². The third-order valence-corrected chi connectivity index (χ3v) is 1.96. The first-order valence-corrected chi connectivity index (χ1v) is 5.11. The van der Waals surface area contributed by atoms with Gasteiger partial charge in [0.15, 0.2) is 0 Å². The maximum atomic E-state index is 7.58. The summed E-state index contributed by atoms with van der Waals surface area (Å²) in [6, 6.07) is 0. The van der Waals surface area contributed by atoms with Crippen LogP contribution in [0.3, 0.4) is 0 Å². The monoisotopic (exact) mass is 167 g/mol. The molecule has 1 aliphatic rings. The maximum absolute atomic E-state index is 7.58. The molecule has 0 aromatic heterocycles. The van der Waals surface area contributed by atoms with Crippen molar-refractivity contribution in [1.29, 1.82) is 5.41 Å². The molecule has 0 bridgehead atoms. The molecule has 0 aromatic rings. The molecule has 12 heavy (non-hydrogen) atoms. The van der Waals surface area contributed by atoms with Gasteiger partial charge in [-0.05, 0) is 37.7 Å². The highest BCUT2D eigenvalue weighted by molar-refractivity contribution is 5.98. The molecule has 1 fully saturated rings. The third kappa shape index (κ3) is 3.70. The van der Waals surface area contributed by atoms with Crippen LogP contribution in [0.5, 0.6) is 0 Å². The van der Waals surface area contributed by atoms with Gasteiger partial charge in [0.25, 0.3) is 0 Å². The van der Waals surface area contributed by atoms with Crippen LogP contribution in [0.1, 0.15) is 52.9 Å². The standard InChI is InChI=1S/C9H15N.C2H6/c1-2-5-8-6-3-4-7-9(8)10;1-2/h5,10H,2-4,6-7H2,1H3;1-2H3/b8-5-,10-9?;. The Hall–Kier alpha value is -0.590. The van der Waals surface area contributed by atoms with Gasteiger partial charge in [0.05, 0.1) is 0 Å². The molecule has 1 saturated carbocycles. The molecule has 0 heterocycles. The second-order valence-corrected chi connectivity index (χ2v) is 2.82. The molecule has 0 saturated heterocycles. The lowest BCUT2D eigenvalue weighted by Crippen LogP contribution is -2.07. The second kappa shape index (κ2) is 7.08. The minimum absolute atomic E-state index is 0.883. The molecule has 1 heteroatoms. The largest absolute Gasteiger partial charge is 0.305 e. The topological polar surface area (TPSA) is 23.9 Å². The zero-order valence-corrected chi connectivity index (χ0v) is 8.61. The molecule has 1 rings (SSSR count). The van der Waals surface area contributed by atoms with Gasteiger partial charge in [0.2, 0.25) is 0 Å². The molecule has 0 unspecified atom stereocenters. The first-order chi connectivity index (χ1) is 5.84. The molecule has 1 N–H and O–H groups in total. The summed E-state index contributed by atoms with van der Waals surface area (Å²) in [4.78, 5) is 0. The Morgan fingerprint density at radius 2 is 1.83 bits per heavy atom. The van der Waals surface area contributed by atoms with E-state index in [1.54, 1.807) is 0 Å². The normalized spacial score (nSPS) is 20.2. The van der Waals surface area contributed by atoms with Gasteiger partial charge < -0.3 is 5.41 Å². The van der Waals surface area contributed by atoms with E-state index in [0.29, 0.717) is 0 Å². The van der Waals surface area contributed by atoms with Gasteiger partial charge in [0.1, 0.15) is 0 Å². The van der Waals surface area contributed by atoms with Crippen molar-refractivity contribution >= 4 is 5.71 Å². The highest BCUT2D eigenvalue weighted by Crippen LogP contribution is 2.19. The summed E-state index contributed by atoms with van der Waals surface area (Å²) in [5, 5.41) is 7.58. The van der Waals surface area contributed by atoms with Crippen LogP contribution in [0.15, 0.2) is 11.6 Å². The summed E-state index contributed by atoms with van der Waals surface area (Å²) in [5.41, 5.74) is 2.18. The average molecular weight is 167 g/mol. The van der Waals surface area contributed by atoms with E-state index >= 15 is 0 Å². The fourth-order valence-electron chi connectivity index (χ4n) is 1.40. The first kappa shape index (κ1) is 11.4. The highest BCUT2D eigenvalue weighted by Gasteiger charge is 2.09. The third-order valence-electron chi connectivity index (χ3n) is 1.96. The summed E-state index contributed by atoms with van der Waals surface area (Å²) in [7, 11) is 0. The fourth-order valence-corrected chi connectivity index (χ4v) is 1.40. The molecule has 1 nitrogen and oxygen atoms in total. The van der Waals surface area contributed by atoms with E-state index in [9.17, 15) is 0 Å². The predicted octanol–water partition coefficient (Wildman–Crippen LogP) is 3.94. The summed E-state index contributed by atoms with van der Waals surface area (Å²) >= 11 is 0. The summed E-state index contributed by atoms with van der Waals surface area (Å²) < 4.78 is 0. The quantitative estimate of drug-likeness (QED) is 0.611. The molecule has 0 amide bonds. The van der Waals surface area contributed by atoms with Crippen LogP contribution in [0, 0.1) is 5.41 Å². The van der Waals surface area contributed by atoms with Crippen LogP contribution in [0.25, 0.3) is 0 Å². The Morgan fingerprint density at radius 1 is 1.25 bits per heavy atom. The Bertz CT molecular complexity index is 156. The number of nitrogens with one attached hydrogen (secondary N) is 1. The summed E-state index contributed by atoms with van der Waals surface area (Å²) in [6.07, 6.45) is 7.94. The van der Waals surface area contributed by atoms with Crippen molar-refractivity contribution in [2.45, 2.75) is 52.9 Å². The summed E-state index contributed by atoms with van der Waals surface area (Å²) in [6.45, 7) is 6.13. The predicted molar refractivity (Wildman–Crippen MR) is 55.9 cm³/mol. The van der Waals surface area contributed by atoms with Gasteiger partial charge in [-0.25, -0.2) is 0 Å².